The van der Waals surface area contributed by atoms with Gasteiger partial charge in [-0.1, -0.05) is 6.07 Å². The number of hydrogen-bond acceptors (Lipinski definition) is 5. The van der Waals surface area contributed by atoms with E-state index < -0.39 is 0 Å². The van der Waals surface area contributed by atoms with Crippen molar-refractivity contribution in [3.8, 4) is 28.5 Å². The first-order valence-corrected chi connectivity index (χ1v) is 9.50. The molecular formula is C22H16N8. The van der Waals surface area contributed by atoms with Crippen LogP contribution >= 0.6 is 0 Å². The summed E-state index contributed by atoms with van der Waals surface area (Å²) in [7, 11) is 0. The Balaban J connectivity index is 1.52. The number of nitrogens with one attached hydrogen (secondary N) is 2. The number of aryl methyl sites for hydroxylation is 1. The molecule has 0 amide bonds. The summed E-state index contributed by atoms with van der Waals surface area (Å²) >= 11 is 0. The van der Waals surface area contributed by atoms with Crippen LogP contribution in [0.25, 0.3) is 50.3 Å². The summed E-state index contributed by atoms with van der Waals surface area (Å²) in [4.78, 5) is 20.9. The molecule has 5 heterocycles. The molecule has 0 saturated carbocycles. The van der Waals surface area contributed by atoms with Crippen molar-refractivity contribution in [1.82, 2.24) is 39.7 Å². The molecule has 0 aliphatic carbocycles. The fourth-order valence-corrected chi connectivity index (χ4v) is 3.74. The molecule has 0 bridgehead atoms. The normalized spacial score (nSPS) is 11.5. The van der Waals surface area contributed by atoms with Gasteiger partial charge in [0.2, 0.25) is 0 Å². The largest absolute Gasteiger partial charge is 0.353 e. The number of fused-ring (bicyclic) bond motifs is 2. The summed E-state index contributed by atoms with van der Waals surface area (Å²) in [5, 5.41) is 9.71. The molecule has 0 spiro atoms. The highest BCUT2D eigenvalue weighted by molar-refractivity contribution is 5.98. The second-order valence-corrected chi connectivity index (χ2v) is 7.12. The lowest BCUT2D eigenvalue weighted by Gasteiger charge is -2.01. The van der Waals surface area contributed by atoms with Crippen molar-refractivity contribution in [3.05, 3.63) is 73.3 Å². The maximum Gasteiger partial charge on any atom is 0.147 e. The maximum atomic E-state index is 4.57. The zero-order valence-electron chi connectivity index (χ0n) is 16.0. The summed E-state index contributed by atoms with van der Waals surface area (Å²) in [5.41, 5.74) is 6.47. The smallest absolute Gasteiger partial charge is 0.147 e. The van der Waals surface area contributed by atoms with E-state index in [0.29, 0.717) is 0 Å². The van der Waals surface area contributed by atoms with Gasteiger partial charge in [-0.25, -0.2) is 9.97 Å². The van der Waals surface area contributed by atoms with Gasteiger partial charge in [-0.3, -0.25) is 19.6 Å². The standard InChI is InChI=1S/C22H16N8/c1-13-11-30(12-26-13)22-16-9-19(27-17(16)4-5-25-22)21-15-8-14(2-3-18(15)28-29-21)20-10-23-6-7-24-20/h2-12,27H,1H3,(H,28,29). The number of aromatic nitrogens is 8. The number of hydrogen-bond donors (Lipinski definition) is 2. The van der Waals surface area contributed by atoms with Crippen LogP contribution in [0.15, 0.2) is 67.6 Å². The lowest BCUT2D eigenvalue weighted by Crippen LogP contribution is -1.94. The molecule has 2 N–H and O–H groups in total. The van der Waals surface area contributed by atoms with E-state index in [0.717, 1.165) is 56.0 Å². The fraction of sp³-hybridized carbons (Fsp3) is 0.0455. The minimum Gasteiger partial charge on any atom is -0.353 e. The van der Waals surface area contributed by atoms with Gasteiger partial charge in [-0.05, 0) is 31.2 Å². The first-order valence-electron chi connectivity index (χ1n) is 9.50. The summed E-state index contributed by atoms with van der Waals surface area (Å²) in [6.07, 6.45) is 10.7. The molecule has 6 aromatic rings. The number of rotatable bonds is 3. The van der Waals surface area contributed by atoms with Gasteiger partial charge in [0.05, 0.1) is 34.3 Å². The maximum absolute atomic E-state index is 4.57. The van der Waals surface area contributed by atoms with E-state index in [9.17, 15) is 0 Å². The van der Waals surface area contributed by atoms with Crippen molar-refractivity contribution in [1.29, 1.82) is 0 Å². The molecule has 5 aromatic heterocycles. The average molecular weight is 392 g/mol. The van der Waals surface area contributed by atoms with Gasteiger partial charge in [0.1, 0.15) is 17.8 Å². The van der Waals surface area contributed by atoms with E-state index >= 15 is 0 Å². The topological polar surface area (TPSA) is 101 Å². The molecule has 30 heavy (non-hydrogen) atoms. The van der Waals surface area contributed by atoms with Gasteiger partial charge >= 0.3 is 0 Å². The van der Waals surface area contributed by atoms with Crippen molar-refractivity contribution >= 4 is 21.8 Å². The highest BCUT2D eigenvalue weighted by Crippen LogP contribution is 2.32. The third-order valence-electron chi connectivity index (χ3n) is 5.16. The van der Waals surface area contributed by atoms with Crippen LogP contribution < -0.4 is 0 Å². The predicted octanol–water partition coefficient (Wildman–Crippen LogP) is 4.06. The summed E-state index contributed by atoms with van der Waals surface area (Å²) in [6.45, 7) is 1.96. The van der Waals surface area contributed by atoms with Crippen LogP contribution in [0.4, 0.5) is 0 Å². The number of nitrogens with zero attached hydrogens (tertiary/aromatic N) is 6. The van der Waals surface area contributed by atoms with Crippen molar-refractivity contribution in [2.75, 3.05) is 0 Å². The lowest BCUT2D eigenvalue weighted by molar-refractivity contribution is 1.01. The Kier molecular flexibility index (Phi) is 3.51. The van der Waals surface area contributed by atoms with Gasteiger partial charge in [-0.2, -0.15) is 5.10 Å². The zero-order chi connectivity index (χ0) is 20.1. The molecule has 1 aromatic carbocycles. The number of H-pyrrole nitrogens is 2. The van der Waals surface area contributed by atoms with E-state index in [1.54, 1.807) is 31.1 Å². The first kappa shape index (κ1) is 16.6. The molecule has 0 aliphatic rings. The molecule has 0 unspecified atom stereocenters. The number of benzene rings is 1. The summed E-state index contributed by atoms with van der Waals surface area (Å²) in [5.74, 6) is 0.829. The molecule has 144 valence electrons. The Morgan fingerprint density at radius 2 is 1.87 bits per heavy atom. The number of aromatic amines is 2. The Morgan fingerprint density at radius 1 is 0.900 bits per heavy atom. The van der Waals surface area contributed by atoms with Crippen molar-refractivity contribution in [3.63, 3.8) is 0 Å². The molecular weight excluding hydrogens is 376 g/mol. The number of imidazole rings is 1. The van der Waals surface area contributed by atoms with Crippen molar-refractivity contribution < 1.29 is 0 Å². The summed E-state index contributed by atoms with van der Waals surface area (Å²) in [6, 6.07) is 10.2. The second-order valence-electron chi connectivity index (χ2n) is 7.12. The highest BCUT2D eigenvalue weighted by Gasteiger charge is 2.15. The zero-order valence-corrected chi connectivity index (χ0v) is 16.0. The van der Waals surface area contributed by atoms with Gasteiger partial charge in [-0.15, -0.1) is 0 Å². The SMILES string of the molecule is Cc1cn(-c2nccc3[nH]c(-c4n[nH]c5ccc(-c6cnccn6)cc45)cc23)cn1. The average Bonchev–Trinajstić information content (AvgIpc) is 3.51. The monoisotopic (exact) mass is 392 g/mol. The fourth-order valence-electron chi connectivity index (χ4n) is 3.74. The van der Waals surface area contributed by atoms with Crippen molar-refractivity contribution in [2.24, 2.45) is 0 Å². The summed E-state index contributed by atoms with van der Waals surface area (Å²) < 4.78 is 1.93. The molecule has 0 saturated heterocycles. The van der Waals surface area contributed by atoms with E-state index in [2.05, 4.69) is 47.2 Å². The Labute approximate surface area is 170 Å². The minimum atomic E-state index is 0.824. The van der Waals surface area contributed by atoms with E-state index in [4.69, 9.17) is 0 Å². The minimum absolute atomic E-state index is 0.824. The Bertz CT molecular complexity index is 1510. The molecule has 8 nitrogen and oxygen atoms in total. The molecule has 8 heteroatoms. The van der Waals surface area contributed by atoms with E-state index in [-0.39, 0.29) is 0 Å². The van der Waals surface area contributed by atoms with Crippen LogP contribution in [-0.2, 0) is 0 Å². The van der Waals surface area contributed by atoms with Crippen LogP contribution in [0.2, 0.25) is 0 Å². The van der Waals surface area contributed by atoms with Crippen LogP contribution in [0.3, 0.4) is 0 Å². The molecule has 0 aliphatic heterocycles. The van der Waals surface area contributed by atoms with Crippen LogP contribution in [-0.4, -0.2) is 39.7 Å². The van der Waals surface area contributed by atoms with Crippen LogP contribution in [0.1, 0.15) is 5.69 Å². The Morgan fingerprint density at radius 3 is 2.70 bits per heavy atom. The second kappa shape index (κ2) is 6.35. The first-order chi connectivity index (χ1) is 14.8. The van der Waals surface area contributed by atoms with Gasteiger partial charge in [0.15, 0.2) is 0 Å². The lowest BCUT2D eigenvalue weighted by atomic mass is 10.1. The van der Waals surface area contributed by atoms with Crippen LogP contribution in [0, 0.1) is 6.92 Å². The molecule has 0 atom stereocenters. The van der Waals surface area contributed by atoms with Crippen LogP contribution in [0.5, 0.6) is 0 Å². The van der Waals surface area contributed by atoms with Gasteiger partial charge in [0, 0.05) is 41.1 Å². The quantitative estimate of drug-likeness (QED) is 0.473. The van der Waals surface area contributed by atoms with Gasteiger partial charge < -0.3 is 4.98 Å². The molecule has 6 rings (SSSR count). The Hall–Kier alpha value is -4.33. The van der Waals surface area contributed by atoms with E-state index in [1.165, 1.54) is 0 Å². The van der Waals surface area contributed by atoms with Crippen molar-refractivity contribution in [2.45, 2.75) is 6.92 Å². The van der Waals surface area contributed by atoms with E-state index in [1.807, 2.05) is 35.9 Å². The number of pyridine rings is 1. The molecule has 0 fully saturated rings. The van der Waals surface area contributed by atoms with Gasteiger partial charge in [0.25, 0.3) is 0 Å². The predicted molar refractivity (Wildman–Crippen MR) is 114 cm³/mol. The highest BCUT2D eigenvalue weighted by atomic mass is 15.1. The third-order valence-corrected chi connectivity index (χ3v) is 5.16. The molecule has 0 radical (unpaired) electrons. The third kappa shape index (κ3) is 2.58.